The van der Waals surface area contributed by atoms with Crippen molar-refractivity contribution in [3.05, 3.63) is 35.4 Å². The molecule has 0 saturated heterocycles. The van der Waals surface area contributed by atoms with Crippen molar-refractivity contribution in [2.75, 3.05) is 0 Å². The van der Waals surface area contributed by atoms with Gasteiger partial charge in [0.1, 0.15) is 0 Å². The van der Waals surface area contributed by atoms with Crippen molar-refractivity contribution in [2.24, 2.45) is 5.73 Å². The van der Waals surface area contributed by atoms with Gasteiger partial charge in [-0.15, -0.1) is 0 Å². The Kier molecular flexibility index (Phi) is 4.87. The summed E-state index contributed by atoms with van der Waals surface area (Å²) < 4.78 is 0. The third-order valence-electron chi connectivity index (χ3n) is 2.57. The first-order valence-electron chi connectivity index (χ1n) is 5.95. The van der Waals surface area contributed by atoms with Crippen LogP contribution in [0.1, 0.15) is 37.8 Å². The van der Waals surface area contributed by atoms with Gasteiger partial charge >= 0.3 is 0 Å². The molecule has 0 atom stereocenters. The van der Waals surface area contributed by atoms with Crippen LogP contribution in [0.2, 0.25) is 0 Å². The molecule has 0 aliphatic heterocycles. The lowest BCUT2D eigenvalue weighted by atomic mass is 10.00. The Bertz CT molecular complexity index is 438. The molecule has 0 saturated carbocycles. The lowest BCUT2D eigenvalue weighted by Crippen LogP contribution is -2.34. The number of hydrogen-bond donors (Lipinski definition) is 2. The van der Waals surface area contributed by atoms with Crippen molar-refractivity contribution in [1.29, 1.82) is 5.26 Å². The van der Waals surface area contributed by atoms with E-state index in [1.165, 1.54) is 0 Å². The molecule has 18 heavy (non-hydrogen) atoms. The monoisotopic (exact) mass is 245 g/mol. The summed E-state index contributed by atoms with van der Waals surface area (Å²) in [4.78, 5) is 11.6. The molecule has 96 valence electrons. The Morgan fingerprint density at radius 3 is 2.50 bits per heavy atom. The number of carbonyl (C=O) groups excluding carboxylic acids is 1. The van der Waals surface area contributed by atoms with Crippen molar-refractivity contribution in [1.82, 2.24) is 5.32 Å². The zero-order chi connectivity index (χ0) is 13.6. The summed E-state index contributed by atoms with van der Waals surface area (Å²) in [5.74, 6) is -0.00196. The quantitative estimate of drug-likeness (QED) is 0.828. The maximum Gasteiger partial charge on any atom is 0.220 e. The maximum atomic E-state index is 11.6. The highest BCUT2D eigenvalue weighted by Gasteiger charge is 2.12. The average molecular weight is 245 g/mol. The molecule has 1 aromatic rings. The van der Waals surface area contributed by atoms with Gasteiger partial charge in [-0.1, -0.05) is 12.1 Å². The van der Waals surface area contributed by atoms with E-state index in [-0.39, 0.29) is 11.4 Å². The zero-order valence-electron chi connectivity index (χ0n) is 10.9. The summed E-state index contributed by atoms with van der Waals surface area (Å²) in [6.07, 6.45) is 1.09. The van der Waals surface area contributed by atoms with Crippen LogP contribution in [0.4, 0.5) is 0 Å². The number of rotatable bonds is 5. The Hall–Kier alpha value is -1.86. The van der Waals surface area contributed by atoms with Crippen molar-refractivity contribution in [2.45, 2.75) is 38.8 Å². The molecule has 4 nitrogen and oxygen atoms in total. The number of benzene rings is 1. The minimum absolute atomic E-state index is 0.00196. The van der Waals surface area contributed by atoms with E-state index in [4.69, 9.17) is 11.0 Å². The lowest BCUT2D eigenvalue weighted by molar-refractivity contribution is -0.121. The predicted octanol–water partition coefficient (Wildman–Crippen LogP) is 1.69. The largest absolute Gasteiger partial charge is 0.352 e. The SMILES string of the molecule is CC(C)(N)CCC(=O)NCc1ccc(C#N)cc1. The summed E-state index contributed by atoms with van der Waals surface area (Å²) in [6.45, 7) is 4.29. The van der Waals surface area contributed by atoms with Crippen molar-refractivity contribution in [3.63, 3.8) is 0 Å². The topological polar surface area (TPSA) is 78.9 Å². The minimum atomic E-state index is -0.314. The highest BCUT2D eigenvalue weighted by molar-refractivity contribution is 5.75. The average Bonchev–Trinajstić information content (AvgIpc) is 2.33. The first kappa shape index (κ1) is 14.2. The molecule has 1 rings (SSSR count). The van der Waals surface area contributed by atoms with E-state index < -0.39 is 0 Å². The van der Waals surface area contributed by atoms with Gasteiger partial charge < -0.3 is 11.1 Å². The van der Waals surface area contributed by atoms with Crippen LogP contribution in [0.25, 0.3) is 0 Å². The minimum Gasteiger partial charge on any atom is -0.352 e. The number of amides is 1. The second kappa shape index (κ2) is 6.18. The predicted molar refractivity (Wildman–Crippen MR) is 70.5 cm³/mol. The Balaban J connectivity index is 2.36. The van der Waals surface area contributed by atoms with Crippen molar-refractivity contribution < 1.29 is 4.79 Å². The zero-order valence-corrected chi connectivity index (χ0v) is 10.9. The number of nitrogens with two attached hydrogens (primary N) is 1. The van der Waals surface area contributed by atoms with Gasteiger partial charge in [-0.2, -0.15) is 5.26 Å². The molecule has 0 radical (unpaired) electrons. The number of nitriles is 1. The van der Waals surface area contributed by atoms with Gasteiger partial charge in [-0.25, -0.2) is 0 Å². The Morgan fingerprint density at radius 2 is 2.00 bits per heavy atom. The van der Waals surface area contributed by atoms with Crippen LogP contribution >= 0.6 is 0 Å². The van der Waals surface area contributed by atoms with Crippen LogP contribution in [0.3, 0.4) is 0 Å². The molecule has 1 aromatic carbocycles. The number of hydrogen-bond acceptors (Lipinski definition) is 3. The van der Waals surface area contributed by atoms with Gasteiger partial charge in [0.2, 0.25) is 5.91 Å². The van der Waals surface area contributed by atoms with Crippen LogP contribution in [0.5, 0.6) is 0 Å². The van der Waals surface area contributed by atoms with E-state index in [0.29, 0.717) is 24.9 Å². The second-order valence-corrected chi connectivity index (χ2v) is 5.07. The van der Waals surface area contributed by atoms with Crippen LogP contribution in [-0.2, 0) is 11.3 Å². The normalized spacial score (nSPS) is 10.8. The van der Waals surface area contributed by atoms with Gasteiger partial charge in [0.05, 0.1) is 11.6 Å². The summed E-state index contributed by atoms with van der Waals surface area (Å²) in [6, 6.07) is 9.21. The fourth-order valence-electron chi connectivity index (χ4n) is 1.42. The fourth-order valence-corrected chi connectivity index (χ4v) is 1.42. The standard InChI is InChI=1S/C14H19N3O/c1-14(2,16)8-7-13(18)17-10-12-5-3-11(9-15)4-6-12/h3-6H,7-8,10,16H2,1-2H3,(H,17,18). The summed E-state index contributed by atoms with van der Waals surface area (Å²) in [5, 5.41) is 11.5. The first-order chi connectivity index (χ1) is 8.40. The molecule has 4 heteroatoms. The van der Waals surface area contributed by atoms with E-state index in [2.05, 4.69) is 11.4 Å². The third-order valence-corrected chi connectivity index (χ3v) is 2.57. The molecule has 0 aliphatic rings. The smallest absolute Gasteiger partial charge is 0.220 e. The Labute approximate surface area is 108 Å². The third kappa shape index (κ3) is 5.46. The number of carbonyl (C=O) groups is 1. The summed E-state index contributed by atoms with van der Waals surface area (Å²) >= 11 is 0. The summed E-state index contributed by atoms with van der Waals surface area (Å²) in [7, 11) is 0. The lowest BCUT2D eigenvalue weighted by Gasteiger charge is -2.17. The molecule has 0 aromatic heterocycles. The van der Waals surface area contributed by atoms with Gasteiger partial charge in [-0.3, -0.25) is 4.79 Å². The van der Waals surface area contributed by atoms with Gasteiger partial charge in [0.25, 0.3) is 0 Å². The van der Waals surface area contributed by atoms with Crippen molar-refractivity contribution >= 4 is 5.91 Å². The first-order valence-corrected chi connectivity index (χ1v) is 5.95. The second-order valence-electron chi connectivity index (χ2n) is 5.07. The van der Waals surface area contributed by atoms with Crippen LogP contribution < -0.4 is 11.1 Å². The van der Waals surface area contributed by atoms with Crippen molar-refractivity contribution in [3.8, 4) is 6.07 Å². The molecular weight excluding hydrogens is 226 g/mol. The van der Waals surface area contributed by atoms with Crippen LogP contribution in [0.15, 0.2) is 24.3 Å². The van der Waals surface area contributed by atoms with Crippen LogP contribution in [-0.4, -0.2) is 11.4 Å². The van der Waals surface area contributed by atoms with Gasteiger partial charge in [0.15, 0.2) is 0 Å². The van der Waals surface area contributed by atoms with Crippen LogP contribution in [0, 0.1) is 11.3 Å². The number of nitrogens with zero attached hydrogens (tertiary/aromatic N) is 1. The highest BCUT2D eigenvalue weighted by Crippen LogP contribution is 2.07. The Morgan fingerprint density at radius 1 is 1.39 bits per heavy atom. The molecule has 0 bridgehead atoms. The van der Waals surface area contributed by atoms with Gasteiger partial charge in [-0.05, 0) is 38.0 Å². The molecule has 3 N–H and O–H groups in total. The van der Waals surface area contributed by atoms with Gasteiger partial charge in [0, 0.05) is 18.5 Å². The molecular formula is C14H19N3O. The maximum absolute atomic E-state index is 11.6. The fraction of sp³-hybridized carbons (Fsp3) is 0.429. The number of nitrogens with one attached hydrogen (secondary N) is 1. The van der Waals surface area contributed by atoms with E-state index >= 15 is 0 Å². The molecule has 0 heterocycles. The summed E-state index contributed by atoms with van der Waals surface area (Å²) in [5.41, 5.74) is 7.10. The highest BCUT2D eigenvalue weighted by atomic mass is 16.1. The molecule has 0 aliphatic carbocycles. The molecule has 0 fully saturated rings. The molecule has 0 unspecified atom stereocenters. The van der Waals surface area contributed by atoms with E-state index in [1.807, 2.05) is 26.0 Å². The molecule has 0 spiro atoms. The van der Waals surface area contributed by atoms with E-state index in [1.54, 1.807) is 12.1 Å². The van der Waals surface area contributed by atoms with E-state index in [9.17, 15) is 4.79 Å². The molecule has 1 amide bonds. The van der Waals surface area contributed by atoms with E-state index in [0.717, 1.165) is 5.56 Å².